The van der Waals surface area contributed by atoms with Gasteiger partial charge in [-0.1, -0.05) is 6.08 Å². The van der Waals surface area contributed by atoms with Crippen LogP contribution >= 0.6 is 0 Å². The molecule has 3 atom stereocenters. The lowest BCUT2D eigenvalue weighted by Gasteiger charge is -2.18. The van der Waals surface area contributed by atoms with Gasteiger partial charge in [-0.25, -0.2) is 15.0 Å². The van der Waals surface area contributed by atoms with Crippen LogP contribution in [0.4, 0.5) is 5.82 Å². The monoisotopic (exact) mass is 303 g/mol. The van der Waals surface area contributed by atoms with Gasteiger partial charge in [0, 0.05) is 6.04 Å². The molecule has 0 aliphatic heterocycles. The number of nitrogens with one attached hydrogen (secondary N) is 1. The van der Waals surface area contributed by atoms with Crippen molar-refractivity contribution in [1.82, 2.24) is 19.5 Å². The lowest BCUT2D eigenvalue weighted by atomic mass is 10.1. The largest absolute Gasteiger partial charge is 0.392 e. The average Bonchev–Trinajstić information content (AvgIpc) is 3.16. The zero-order chi connectivity index (χ0) is 15.3. The summed E-state index contributed by atoms with van der Waals surface area (Å²) in [6.07, 6.45) is 4.85. The minimum atomic E-state index is -1.07. The van der Waals surface area contributed by atoms with Gasteiger partial charge >= 0.3 is 0 Å². The number of aliphatic hydroxyl groups excluding tert-OH is 3. The molecular formula is C14H17N5O3. The highest BCUT2D eigenvalue weighted by Gasteiger charge is 2.36. The van der Waals surface area contributed by atoms with E-state index in [4.69, 9.17) is 0 Å². The van der Waals surface area contributed by atoms with E-state index in [1.807, 2.05) is 0 Å². The summed E-state index contributed by atoms with van der Waals surface area (Å²) in [5.74, 6) is 0.686. The summed E-state index contributed by atoms with van der Waals surface area (Å²) in [6.45, 7) is -0.287. The molecule has 2 aliphatic rings. The molecule has 8 nitrogen and oxygen atoms in total. The van der Waals surface area contributed by atoms with Gasteiger partial charge < -0.3 is 25.2 Å². The first-order valence-electron chi connectivity index (χ1n) is 7.30. The van der Waals surface area contributed by atoms with Gasteiger partial charge in [-0.2, -0.15) is 0 Å². The molecule has 0 unspecified atom stereocenters. The van der Waals surface area contributed by atoms with Crippen molar-refractivity contribution in [2.75, 3.05) is 11.9 Å². The molecule has 0 amide bonds. The van der Waals surface area contributed by atoms with Crippen LogP contribution < -0.4 is 5.32 Å². The van der Waals surface area contributed by atoms with Crippen LogP contribution in [0.5, 0.6) is 0 Å². The maximum Gasteiger partial charge on any atom is 0.166 e. The van der Waals surface area contributed by atoms with Crippen LogP contribution in [0.25, 0.3) is 11.2 Å². The third kappa shape index (κ3) is 2.07. The lowest BCUT2D eigenvalue weighted by Crippen LogP contribution is -2.30. The molecule has 0 aromatic carbocycles. The number of hydrogen-bond donors (Lipinski definition) is 4. The maximum atomic E-state index is 10.2. The van der Waals surface area contributed by atoms with Gasteiger partial charge in [0.25, 0.3) is 0 Å². The fourth-order valence-electron chi connectivity index (χ4n) is 2.81. The molecule has 0 saturated heterocycles. The van der Waals surface area contributed by atoms with Gasteiger partial charge in [-0.05, 0) is 18.4 Å². The Balaban J connectivity index is 1.75. The van der Waals surface area contributed by atoms with E-state index in [-0.39, 0.29) is 6.61 Å². The second kappa shape index (κ2) is 5.01. The van der Waals surface area contributed by atoms with E-state index in [0.717, 1.165) is 12.8 Å². The predicted octanol–water partition coefficient (Wildman–Crippen LogP) is -0.404. The highest BCUT2D eigenvalue weighted by Crippen LogP contribution is 2.33. The first-order chi connectivity index (χ1) is 10.7. The van der Waals surface area contributed by atoms with Gasteiger partial charge in [0.1, 0.15) is 24.1 Å². The number of nitrogens with zero attached hydrogens (tertiary/aromatic N) is 4. The summed E-state index contributed by atoms with van der Waals surface area (Å²) in [5.41, 5.74) is 1.64. The first kappa shape index (κ1) is 13.6. The molecule has 1 fully saturated rings. The Morgan fingerprint density at radius 1 is 1.23 bits per heavy atom. The number of imidazole rings is 1. The third-order valence-corrected chi connectivity index (χ3v) is 4.22. The fraction of sp³-hybridized carbons (Fsp3) is 0.500. The van der Waals surface area contributed by atoms with Crippen molar-refractivity contribution in [2.45, 2.75) is 37.1 Å². The molecule has 2 aromatic rings. The smallest absolute Gasteiger partial charge is 0.166 e. The number of hydrogen-bond acceptors (Lipinski definition) is 7. The predicted molar refractivity (Wildman–Crippen MR) is 78.2 cm³/mol. The summed E-state index contributed by atoms with van der Waals surface area (Å²) in [6, 6.07) is -0.0612. The van der Waals surface area contributed by atoms with Crippen molar-refractivity contribution in [3.63, 3.8) is 0 Å². The zero-order valence-corrected chi connectivity index (χ0v) is 11.8. The van der Waals surface area contributed by atoms with Crippen LogP contribution in [-0.4, -0.2) is 59.7 Å². The molecule has 2 heterocycles. The molecule has 2 aromatic heterocycles. The summed E-state index contributed by atoms with van der Waals surface area (Å²) >= 11 is 0. The molecule has 0 radical (unpaired) electrons. The Kier molecular flexibility index (Phi) is 3.10. The molecule has 4 rings (SSSR count). The number of fused-ring (bicyclic) bond motifs is 1. The summed E-state index contributed by atoms with van der Waals surface area (Å²) in [4.78, 5) is 12.8. The molecular weight excluding hydrogens is 286 g/mol. The molecule has 116 valence electrons. The minimum Gasteiger partial charge on any atom is -0.392 e. The molecule has 8 heteroatoms. The van der Waals surface area contributed by atoms with E-state index in [9.17, 15) is 15.3 Å². The van der Waals surface area contributed by atoms with E-state index < -0.39 is 18.2 Å². The number of aliphatic hydroxyl groups is 3. The Morgan fingerprint density at radius 3 is 2.73 bits per heavy atom. The normalized spacial score (nSPS) is 28.1. The molecule has 4 N–H and O–H groups in total. The van der Waals surface area contributed by atoms with Gasteiger partial charge in [0.2, 0.25) is 0 Å². The second-order valence-corrected chi connectivity index (χ2v) is 5.79. The number of aromatic nitrogens is 4. The molecule has 22 heavy (non-hydrogen) atoms. The Hall–Kier alpha value is -2.03. The number of anilines is 1. The Labute approximate surface area is 126 Å². The summed E-state index contributed by atoms with van der Waals surface area (Å²) in [7, 11) is 0. The van der Waals surface area contributed by atoms with Crippen molar-refractivity contribution in [3.8, 4) is 0 Å². The summed E-state index contributed by atoms with van der Waals surface area (Å²) < 4.78 is 1.70. The summed E-state index contributed by atoms with van der Waals surface area (Å²) in [5, 5.41) is 32.7. The van der Waals surface area contributed by atoms with Gasteiger partial charge in [0.05, 0.1) is 19.0 Å². The van der Waals surface area contributed by atoms with Gasteiger partial charge in [-0.15, -0.1) is 0 Å². The Bertz CT molecular complexity index is 739. The first-order valence-corrected chi connectivity index (χ1v) is 7.30. The minimum absolute atomic E-state index is 0.287. The lowest BCUT2D eigenvalue weighted by molar-refractivity contribution is 0.0287. The van der Waals surface area contributed by atoms with Crippen molar-refractivity contribution in [1.29, 1.82) is 0 Å². The topological polar surface area (TPSA) is 116 Å². The van der Waals surface area contributed by atoms with Crippen LogP contribution in [0.2, 0.25) is 0 Å². The van der Waals surface area contributed by atoms with Crippen LogP contribution in [-0.2, 0) is 0 Å². The second-order valence-electron chi connectivity index (χ2n) is 5.79. The van der Waals surface area contributed by atoms with Crippen LogP contribution in [0.15, 0.2) is 24.3 Å². The molecule has 0 spiro atoms. The fourth-order valence-corrected chi connectivity index (χ4v) is 2.81. The third-order valence-electron chi connectivity index (χ3n) is 4.22. The van der Waals surface area contributed by atoms with Crippen molar-refractivity contribution < 1.29 is 15.3 Å². The van der Waals surface area contributed by atoms with E-state index >= 15 is 0 Å². The van der Waals surface area contributed by atoms with E-state index in [0.29, 0.717) is 28.6 Å². The van der Waals surface area contributed by atoms with E-state index in [2.05, 4.69) is 20.3 Å². The zero-order valence-electron chi connectivity index (χ0n) is 11.8. The van der Waals surface area contributed by atoms with Gasteiger partial charge in [0.15, 0.2) is 11.5 Å². The highest BCUT2D eigenvalue weighted by atomic mass is 16.3. The molecule has 2 aliphatic carbocycles. The molecule has 1 saturated carbocycles. The van der Waals surface area contributed by atoms with Crippen molar-refractivity contribution in [3.05, 3.63) is 24.3 Å². The highest BCUT2D eigenvalue weighted by molar-refractivity contribution is 5.83. The quantitative estimate of drug-likeness (QED) is 0.568. The van der Waals surface area contributed by atoms with Gasteiger partial charge in [-0.3, -0.25) is 0 Å². The van der Waals surface area contributed by atoms with Crippen LogP contribution in [0, 0.1) is 0 Å². The van der Waals surface area contributed by atoms with E-state index in [1.54, 1.807) is 17.0 Å². The SMILES string of the molecule is OCC1=C[C@@H](n2cnc3c(NC4CC4)ncnc32)[C@H](O)[C@@H]1O. The molecule has 0 bridgehead atoms. The van der Waals surface area contributed by atoms with Crippen LogP contribution in [0.1, 0.15) is 18.9 Å². The average molecular weight is 303 g/mol. The standard InChI is InChI=1S/C14H17N5O3/c20-4-7-3-9(12(22)11(7)21)19-6-17-10-13(18-8-1-2-8)15-5-16-14(10)19/h3,5-6,8-9,11-12,20-22H,1-2,4H2,(H,15,16,18)/t9-,11-,12+/m1/s1. The van der Waals surface area contributed by atoms with Crippen molar-refractivity contribution >= 4 is 17.0 Å². The van der Waals surface area contributed by atoms with E-state index in [1.165, 1.54) is 6.33 Å². The maximum absolute atomic E-state index is 10.2. The number of rotatable bonds is 4. The van der Waals surface area contributed by atoms with Crippen molar-refractivity contribution in [2.24, 2.45) is 0 Å². The Morgan fingerprint density at radius 2 is 2.05 bits per heavy atom. The van der Waals surface area contributed by atoms with Crippen LogP contribution in [0.3, 0.4) is 0 Å².